The molecule has 1 aliphatic carbocycles. The quantitative estimate of drug-likeness (QED) is 0.819. The van der Waals surface area contributed by atoms with Crippen LogP contribution in [-0.4, -0.2) is 24.0 Å². The van der Waals surface area contributed by atoms with E-state index in [1.807, 2.05) is 33.2 Å². The normalized spacial score (nSPS) is 34.2. The van der Waals surface area contributed by atoms with Gasteiger partial charge in [-0.2, -0.15) is 0 Å². The summed E-state index contributed by atoms with van der Waals surface area (Å²) in [5, 5.41) is 2.94. The summed E-state index contributed by atoms with van der Waals surface area (Å²) in [5.41, 5.74) is -0.359. The van der Waals surface area contributed by atoms with Gasteiger partial charge in [0, 0.05) is 23.9 Å². The van der Waals surface area contributed by atoms with E-state index in [1.165, 1.54) is 0 Å². The molecule has 0 spiro atoms. The van der Waals surface area contributed by atoms with E-state index >= 15 is 0 Å². The molecule has 1 N–H and O–H groups in total. The van der Waals surface area contributed by atoms with Gasteiger partial charge in [-0.25, -0.2) is 4.79 Å². The second-order valence-electron chi connectivity index (χ2n) is 6.47. The van der Waals surface area contributed by atoms with Crippen molar-refractivity contribution in [2.45, 2.75) is 52.2 Å². The van der Waals surface area contributed by atoms with Gasteiger partial charge < -0.3 is 10.1 Å². The molecular formula is C14H22N2O2. The van der Waals surface area contributed by atoms with Crippen molar-refractivity contribution in [2.24, 2.45) is 16.3 Å². The molecule has 0 radical (unpaired) electrons. The number of rotatable bonds is 2. The number of aliphatic imine (C=N–C) groups is 1. The van der Waals surface area contributed by atoms with Crippen molar-refractivity contribution < 1.29 is 9.53 Å². The molecule has 0 saturated heterocycles. The topological polar surface area (TPSA) is 50.7 Å². The highest BCUT2D eigenvalue weighted by Gasteiger charge is 2.50. The summed E-state index contributed by atoms with van der Waals surface area (Å²) >= 11 is 0. The van der Waals surface area contributed by atoms with Crippen LogP contribution in [0.3, 0.4) is 0 Å². The van der Waals surface area contributed by atoms with Gasteiger partial charge in [0.2, 0.25) is 0 Å². The molecule has 0 aromatic heterocycles. The third-order valence-electron chi connectivity index (χ3n) is 3.46. The van der Waals surface area contributed by atoms with E-state index in [9.17, 15) is 4.79 Å². The van der Waals surface area contributed by atoms with Gasteiger partial charge >= 0.3 is 6.09 Å². The lowest BCUT2D eigenvalue weighted by Crippen LogP contribution is -2.36. The van der Waals surface area contributed by atoms with Gasteiger partial charge in [0.1, 0.15) is 5.60 Å². The predicted octanol–water partition coefficient (Wildman–Crippen LogP) is 2.89. The first-order valence-electron chi connectivity index (χ1n) is 6.49. The number of nitrogens with one attached hydrogen (secondary N) is 1. The lowest BCUT2D eigenvalue weighted by Gasteiger charge is -2.26. The molecule has 100 valence electrons. The number of allylic oxidation sites excluding steroid dienone is 1. The van der Waals surface area contributed by atoms with E-state index < -0.39 is 5.60 Å². The Morgan fingerprint density at radius 1 is 1.50 bits per heavy atom. The SMILES string of the molecule is CC(C)(C)OC(=O)N[C@H]1C[C@@H]1C1(C)C=NC=CC1. The standard InChI is InChI=1S/C14H22N2O2/c1-13(2,3)18-12(17)16-11-8-10(11)14(4)6-5-7-15-9-14/h5,7,9-11H,6,8H2,1-4H3,(H,16,17)/t10-,11-,14?/m0/s1. The second kappa shape index (κ2) is 4.41. The van der Waals surface area contributed by atoms with Crippen LogP contribution in [0, 0.1) is 11.3 Å². The van der Waals surface area contributed by atoms with E-state index in [0.717, 1.165) is 12.8 Å². The number of carbonyl (C=O) groups excluding carboxylic acids is 1. The van der Waals surface area contributed by atoms with Crippen LogP contribution in [0.5, 0.6) is 0 Å². The molecule has 3 atom stereocenters. The number of amides is 1. The summed E-state index contributed by atoms with van der Waals surface area (Å²) in [4.78, 5) is 15.9. The Balaban J connectivity index is 1.83. The molecule has 0 aromatic rings. The van der Waals surface area contributed by atoms with Crippen LogP contribution < -0.4 is 5.32 Å². The molecule has 0 bridgehead atoms. The van der Waals surface area contributed by atoms with E-state index in [-0.39, 0.29) is 17.6 Å². The maximum atomic E-state index is 11.7. The summed E-state index contributed by atoms with van der Waals surface area (Å²) in [6, 6.07) is 0.225. The van der Waals surface area contributed by atoms with Gasteiger partial charge in [-0.05, 0) is 39.5 Å². The first-order valence-corrected chi connectivity index (χ1v) is 6.49. The highest BCUT2D eigenvalue weighted by Crippen LogP contribution is 2.47. The molecule has 18 heavy (non-hydrogen) atoms. The van der Waals surface area contributed by atoms with E-state index in [4.69, 9.17) is 4.74 Å². The molecule has 1 fully saturated rings. The maximum absolute atomic E-state index is 11.7. The average molecular weight is 250 g/mol. The average Bonchev–Trinajstić information content (AvgIpc) is 2.95. The van der Waals surface area contributed by atoms with Crippen LogP contribution in [0.1, 0.15) is 40.5 Å². The number of nitrogens with zero attached hydrogens (tertiary/aromatic N) is 1. The van der Waals surface area contributed by atoms with Gasteiger partial charge in [0.25, 0.3) is 0 Å². The molecule has 0 aromatic carbocycles. The van der Waals surface area contributed by atoms with E-state index in [1.54, 1.807) is 0 Å². The largest absolute Gasteiger partial charge is 0.444 e. The van der Waals surface area contributed by atoms with Crippen molar-refractivity contribution >= 4 is 12.3 Å². The minimum Gasteiger partial charge on any atom is -0.444 e. The van der Waals surface area contributed by atoms with Crippen LogP contribution in [0.2, 0.25) is 0 Å². The highest BCUT2D eigenvalue weighted by molar-refractivity contribution is 5.71. The number of hydrogen-bond donors (Lipinski definition) is 1. The van der Waals surface area contributed by atoms with Gasteiger partial charge in [0.15, 0.2) is 0 Å². The van der Waals surface area contributed by atoms with Crippen molar-refractivity contribution in [1.29, 1.82) is 0 Å². The van der Waals surface area contributed by atoms with E-state index in [2.05, 4.69) is 23.3 Å². The Morgan fingerprint density at radius 3 is 2.78 bits per heavy atom. The van der Waals surface area contributed by atoms with Gasteiger partial charge in [-0.1, -0.05) is 13.0 Å². The Hall–Kier alpha value is -1.32. The highest BCUT2D eigenvalue weighted by atomic mass is 16.6. The smallest absolute Gasteiger partial charge is 0.407 e. The van der Waals surface area contributed by atoms with Crippen molar-refractivity contribution in [1.82, 2.24) is 5.32 Å². The molecule has 2 rings (SSSR count). The summed E-state index contributed by atoms with van der Waals surface area (Å²) in [5.74, 6) is 0.471. The Bertz CT molecular complexity index is 395. The lowest BCUT2D eigenvalue weighted by atomic mass is 9.81. The Kier molecular flexibility index (Phi) is 3.21. The third kappa shape index (κ3) is 3.12. The fourth-order valence-corrected chi connectivity index (χ4v) is 2.42. The minimum atomic E-state index is -0.437. The predicted molar refractivity (Wildman–Crippen MR) is 71.6 cm³/mol. The summed E-state index contributed by atoms with van der Waals surface area (Å²) in [6.45, 7) is 7.81. The third-order valence-corrected chi connectivity index (χ3v) is 3.46. The molecule has 1 aliphatic heterocycles. The van der Waals surface area contributed by atoms with Crippen LogP contribution in [0.4, 0.5) is 4.79 Å². The van der Waals surface area contributed by atoms with Crippen molar-refractivity contribution in [3.05, 3.63) is 12.3 Å². The van der Waals surface area contributed by atoms with Crippen molar-refractivity contribution in [2.75, 3.05) is 0 Å². The molecule has 1 saturated carbocycles. The van der Waals surface area contributed by atoms with Crippen LogP contribution in [0.25, 0.3) is 0 Å². The van der Waals surface area contributed by atoms with E-state index in [0.29, 0.717) is 5.92 Å². The van der Waals surface area contributed by atoms with Gasteiger partial charge in [0.05, 0.1) is 0 Å². The summed E-state index contributed by atoms with van der Waals surface area (Å²) in [7, 11) is 0. The van der Waals surface area contributed by atoms with Crippen molar-refractivity contribution in [3.63, 3.8) is 0 Å². The molecule has 4 heteroatoms. The van der Waals surface area contributed by atoms with Crippen molar-refractivity contribution in [3.8, 4) is 0 Å². The lowest BCUT2D eigenvalue weighted by molar-refractivity contribution is 0.0518. The molecular weight excluding hydrogens is 228 g/mol. The Morgan fingerprint density at radius 2 is 2.22 bits per heavy atom. The van der Waals surface area contributed by atoms with Gasteiger partial charge in [-0.15, -0.1) is 0 Å². The molecule has 2 aliphatic rings. The number of hydrogen-bond acceptors (Lipinski definition) is 3. The summed E-state index contributed by atoms with van der Waals surface area (Å²) in [6.07, 6.45) is 7.61. The first-order chi connectivity index (χ1) is 8.30. The zero-order valence-electron chi connectivity index (χ0n) is 11.6. The van der Waals surface area contributed by atoms with Gasteiger partial charge in [-0.3, -0.25) is 4.99 Å². The summed E-state index contributed by atoms with van der Waals surface area (Å²) < 4.78 is 5.26. The zero-order valence-corrected chi connectivity index (χ0v) is 11.6. The number of carbonyl (C=O) groups is 1. The van der Waals surface area contributed by atoms with Crippen LogP contribution in [0.15, 0.2) is 17.3 Å². The molecule has 4 nitrogen and oxygen atoms in total. The van der Waals surface area contributed by atoms with Crippen LogP contribution >= 0.6 is 0 Å². The second-order valence-corrected chi connectivity index (χ2v) is 6.47. The zero-order chi connectivity index (χ0) is 13.4. The Labute approximate surface area is 109 Å². The minimum absolute atomic E-state index is 0.0778. The number of alkyl carbamates (subject to hydrolysis) is 1. The first kappa shape index (κ1) is 13.1. The number of ether oxygens (including phenoxy) is 1. The maximum Gasteiger partial charge on any atom is 0.407 e. The monoisotopic (exact) mass is 250 g/mol. The molecule has 1 amide bonds. The fraction of sp³-hybridized carbons (Fsp3) is 0.714. The molecule has 1 unspecified atom stereocenters. The fourth-order valence-electron chi connectivity index (χ4n) is 2.42. The van der Waals surface area contributed by atoms with Crippen LogP contribution in [-0.2, 0) is 4.74 Å². The molecule has 1 heterocycles.